The van der Waals surface area contributed by atoms with Crippen LogP contribution in [-0.2, 0) is 17.7 Å². The second-order valence-corrected chi connectivity index (χ2v) is 8.09. The van der Waals surface area contributed by atoms with Gasteiger partial charge in [-0.2, -0.15) is 10.1 Å². The highest BCUT2D eigenvalue weighted by molar-refractivity contribution is 5.70. The Hall–Kier alpha value is -2.48. The summed E-state index contributed by atoms with van der Waals surface area (Å²) in [6.07, 6.45) is 6.54. The van der Waals surface area contributed by atoms with E-state index in [-0.39, 0.29) is 0 Å². The Labute approximate surface area is 177 Å². The fourth-order valence-electron chi connectivity index (χ4n) is 4.05. The molecule has 1 aliphatic heterocycles. The molecule has 0 radical (unpaired) electrons. The largest absolute Gasteiger partial charge is 0.422 e. The molecule has 8 nitrogen and oxygen atoms in total. The average Bonchev–Trinajstić information content (AvgIpc) is 3.36. The number of nitrogens with zero attached hydrogens (tertiary/aromatic N) is 6. The fraction of sp³-hybridized carbons (Fsp3) is 0.636. The molecule has 3 aromatic rings. The van der Waals surface area contributed by atoms with Gasteiger partial charge in [0.25, 0.3) is 6.01 Å². The first kappa shape index (κ1) is 20.8. The van der Waals surface area contributed by atoms with Crippen molar-refractivity contribution in [1.29, 1.82) is 0 Å². The van der Waals surface area contributed by atoms with Crippen LogP contribution in [0.15, 0.2) is 16.5 Å². The van der Waals surface area contributed by atoms with Gasteiger partial charge < -0.3 is 14.1 Å². The molecule has 8 heteroatoms. The van der Waals surface area contributed by atoms with Gasteiger partial charge in [0.1, 0.15) is 5.82 Å². The van der Waals surface area contributed by atoms with E-state index in [1.54, 1.807) is 7.11 Å². The van der Waals surface area contributed by atoms with Gasteiger partial charge in [0, 0.05) is 38.2 Å². The van der Waals surface area contributed by atoms with E-state index in [0.717, 1.165) is 68.2 Å². The van der Waals surface area contributed by atoms with Crippen molar-refractivity contribution in [3.05, 3.63) is 29.5 Å². The number of fused-ring (bicyclic) bond motifs is 1. The van der Waals surface area contributed by atoms with Gasteiger partial charge >= 0.3 is 0 Å². The lowest BCUT2D eigenvalue weighted by atomic mass is 9.96. The molecule has 0 spiro atoms. The van der Waals surface area contributed by atoms with Gasteiger partial charge in [0.15, 0.2) is 11.4 Å². The second-order valence-electron chi connectivity index (χ2n) is 8.09. The molecule has 0 aromatic carbocycles. The number of pyridine rings is 1. The zero-order valence-electron chi connectivity index (χ0n) is 18.3. The molecule has 3 aromatic heterocycles. The number of methoxy groups -OCH3 is 1. The van der Waals surface area contributed by atoms with Crippen LogP contribution in [0, 0.1) is 6.92 Å². The minimum Gasteiger partial charge on any atom is -0.422 e. The summed E-state index contributed by atoms with van der Waals surface area (Å²) < 4.78 is 13.3. The molecule has 0 atom stereocenters. The quantitative estimate of drug-likeness (QED) is 0.493. The summed E-state index contributed by atoms with van der Waals surface area (Å²) in [5.74, 6) is 2.47. The lowest BCUT2D eigenvalue weighted by Crippen LogP contribution is -2.34. The summed E-state index contributed by atoms with van der Waals surface area (Å²) in [7, 11) is 1.73. The first-order valence-corrected chi connectivity index (χ1v) is 11.1. The standard InChI is InChI=1S/C22H32N6O2/c1-4-5-6-7-19-24-21(28(26-19)14-15-29-3)17-10-12-27(13-11-17)22-25-20-18(30-22)9-8-16(2)23-20/h8-9,17H,4-7,10-15H2,1-3H3. The fourth-order valence-corrected chi connectivity index (χ4v) is 4.05. The number of hydrogen-bond donors (Lipinski definition) is 0. The molecule has 0 saturated carbocycles. The zero-order valence-corrected chi connectivity index (χ0v) is 18.3. The van der Waals surface area contributed by atoms with Crippen molar-refractivity contribution in [2.45, 2.75) is 64.8 Å². The van der Waals surface area contributed by atoms with Gasteiger partial charge in [-0.25, -0.2) is 14.6 Å². The zero-order chi connectivity index (χ0) is 20.9. The molecular formula is C22H32N6O2. The third-order valence-corrected chi connectivity index (χ3v) is 5.77. The van der Waals surface area contributed by atoms with Gasteiger partial charge in [-0.15, -0.1) is 0 Å². The third kappa shape index (κ3) is 4.64. The van der Waals surface area contributed by atoms with Gasteiger partial charge in [-0.3, -0.25) is 0 Å². The molecule has 0 amide bonds. The first-order chi connectivity index (χ1) is 14.7. The van der Waals surface area contributed by atoms with Gasteiger partial charge in [-0.05, 0) is 38.3 Å². The Balaban J connectivity index is 1.44. The Bertz CT molecular complexity index is 958. The molecule has 4 rings (SSSR count). The van der Waals surface area contributed by atoms with Crippen LogP contribution in [0.25, 0.3) is 11.2 Å². The molecule has 0 bridgehead atoms. The maximum absolute atomic E-state index is 5.94. The number of hydrogen-bond acceptors (Lipinski definition) is 7. The van der Waals surface area contributed by atoms with Crippen LogP contribution in [0.4, 0.5) is 6.01 Å². The smallest absolute Gasteiger partial charge is 0.299 e. The van der Waals surface area contributed by atoms with Crippen LogP contribution in [0.3, 0.4) is 0 Å². The Morgan fingerprint density at radius 2 is 1.97 bits per heavy atom. The molecule has 1 aliphatic rings. The van der Waals surface area contributed by atoms with E-state index in [1.807, 2.05) is 19.1 Å². The molecule has 162 valence electrons. The van der Waals surface area contributed by atoms with Crippen molar-refractivity contribution in [1.82, 2.24) is 24.7 Å². The van der Waals surface area contributed by atoms with Gasteiger partial charge in [-0.1, -0.05) is 19.8 Å². The van der Waals surface area contributed by atoms with Crippen molar-refractivity contribution in [3.8, 4) is 0 Å². The first-order valence-electron chi connectivity index (χ1n) is 11.1. The van der Waals surface area contributed by atoms with Gasteiger partial charge in [0.05, 0.1) is 13.2 Å². The molecule has 4 heterocycles. The SMILES string of the molecule is CCCCCc1nc(C2CCN(c3nc4nc(C)ccc4o3)CC2)n(CCOC)n1. The van der Waals surface area contributed by atoms with Crippen LogP contribution >= 0.6 is 0 Å². The molecule has 0 N–H and O–H groups in total. The van der Waals surface area contributed by atoms with E-state index in [9.17, 15) is 0 Å². The van der Waals surface area contributed by atoms with E-state index in [0.29, 0.717) is 24.2 Å². The molecule has 1 saturated heterocycles. The molecule has 0 unspecified atom stereocenters. The van der Waals surface area contributed by atoms with Crippen LogP contribution < -0.4 is 4.90 Å². The second kappa shape index (κ2) is 9.55. The third-order valence-electron chi connectivity index (χ3n) is 5.77. The lowest BCUT2D eigenvalue weighted by Gasteiger charge is -2.30. The Kier molecular flexibility index (Phi) is 6.62. The number of unbranched alkanes of at least 4 members (excludes halogenated alkanes) is 2. The van der Waals surface area contributed by atoms with E-state index in [2.05, 4.69) is 26.5 Å². The molecule has 0 aliphatic carbocycles. The summed E-state index contributed by atoms with van der Waals surface area (Å²) in [5, 5.41) is 4.78. The normalized spacial score (nSPS) is 15.4. The van der Waals surface area contributed by atoms with Crippen molar-refractivity contribution >= 4 is 17.2 Å². The van der Waals surface area contributed by atoms with E-state index in [4.69, 9.17) is 19.2 Å². The number of oxazole rings is 1. The maximum atomic E-state index is 5.94. The summed E-state index contributed by atoms with van der Waals surface area (Å²) >= 11 is 0. The highest BCUT2D eigenvalue weighted by Gasteiger charge is 2.27. The van der Waals surface area contributed by atoms with Crippen molar-refractivity contribution in [2.24, 2.45) is 0 Å². The molecular weight excluding hydrogens is 380 g/mol. The van der Waals surface area contributed by atoms with Gasteiger partial charge in [0.2, 0.25) is 5.65 Å². The van der Waals surface area contributed by atoms with E-state index >= 15 is 0 Å². The van der Waals surface area contributed by atoms with Crippen LogP contribution in [0.5, 0.6) is 0 Å². The van der Waals surface area contributed by atoms with Crippen LogP contribution in [0.2, 0.25) is 0 Å². The Morgan fingerprint density at radius 3 is 2.73 bits per heavy atom. The summed E-state index contributed by atoms with van der Waals surface area (Å²) in [4.78, 5) is 16.2. The number of aromatic nitrogens is 5. The number of ether oxygens (including phenoxy) is 1. The van der Waals surface area contributed by atoms with E-state index < -0.39 is 0 Å². The summed E-state index contributed by atoms with van der Waals surface area (Å²) in [6.45, 7) is 7.37. The summed E-state index contributed by atoms with van der Waals surface area (Å²) in [6, 6.07) is 4.57. The van der Waals surface area contributed by atoms with Crippen molar-refractivity contribution in [2.75, 3.05) is 31.7 Å². The number of anilines is 1. The minimum absolute atomic E-state index is 0.398. The van der Waals surface area contributed by atoms with Crippen molar-refractivity contribution < 1.29 is 9.15 Å². The minimum atomic E-state index is 0.398. The monoisotopic (exact) mass is 412 g/mol. The Morgan fingerprint density at radius 1 is 1.13 bits per heavy atom. The number of rotatable bonds is 9. The maximum Gasteiger partial charge on any atom is 0.299 e. The predicted molar refractivity (Wildman–Crippen MR) is 116 cm³/mol. The van der Waals surface area contributed by atoms with Crippen LogP contribution in [-0.4, -0.2) is 51.5 Å². The number of aryl methyl sites for hydroxylation is 2. The topological polar surface area (TPSA) is 82.1 Å². The molecule has 1 fully saturated rings. The van der Waals surface area contributed by atoms with Crippen LogP contribution in [0.1, 0.15) is 62.3 Å². The highest BCUT2D eigenvalue weighted by atomic mass is 16.5. The highest BCUT2D eigenvalue weighted by Crippen LogP contribution is 2.31. The predicted octanol–water partition coefficient (Wildman–Crippen LogP) is 3.89. The van der Waals surface area contributed by atoms with Crippen molar-refractivity contribution in [3.63, 3.8) is 0 Å². The lowest BCUT2D eigenvalue weighted by molar-refractivity contribution is 0.181. The summed E-state index contributed by atoms with van der Waals surface area (Å²) in [5.41, 5.74) is 2.38. The molecule has 30 heavy (non-hydrogen) atoms. The number of piperidine rings is 1. The average molecular weight is 413 g/mol. The van der Waals surface area contributed by atoms with E-state index in [1.165, 1.54) is 12.8 Å².